The van der Waals surface area contributed by atoms with Gasteiger partial charge in [0.1, 0.15) is 0 Å². The van der Waals surface area contributed by atoms with Crippen LogP contribution in [0.2, 0.25) is 0 Å². The van der Waals surface area contributed by atoms with Gasteiger partial charge in [-0.3, -0.25) is 25.2 Å². The third-order valence-corrected chi connectivity index (χ3v) is 1.75. The van der Waals surface area contributed by atoms with Gasteiger partial charge in [-0.1, -0.05) is 30.3 Å². The number of amides is 3. The first kappa shape index (κ1) is 11.7. The normalized spacial score (nSPS) is 9.25. The number of primary amides is 1. The zero-order chi connectivity index (χ0) is 12.0. The van der Waals surface area contributed by atoms with Gasteiger partial charge in [0.2, 0.25) is 5.91 Å². The fourth-order valence-electron chi connectivity index (χ4n) is 1.01. The average molecular weight is 221 g/mol. The fraction of sp³-hybridized carbons (Fsp3) is 0.100. The molecule has 0 spiro atoms. The Bertz CT molecular complexity index is 403. The highest BCUT2D eigenvalue weighted by Gasteiger charge is 2.09. The molecule has 0 heterocycles. The highest BCUT2D eigenvalue weighted by atomic mass is 16.2. The molecule has 84 valence electrons. The molecule has 4 N–H and O–H groups in total. The smallest absolute Gasteiger partial charge is 0.327 e. The Morgan fingerprint density at radius 3 is 2.25 bits per heavy atom. The number of rotatable bonds is 2. The van der Waals surface area contributed by atoms with E-state index in [1.54, 1.807) is 24.3 Å². The quantitative estimate of drug-likeness (QED) is 0.434. The van der Waals surface area contributed by atoms with Crippen LogP contribution in [-0.4, -0.2) is 17.7 Å². The third kappa shape index (κ3) is 3.79. The van der Waals surface area contributed by atoms with Crippen LogP contribution in [0.3, 0.4) is 0 Å². The van der Waals surface area contributed by atoms with Gasteiger partial charge in [0.05, 0.1) is 6.42 Å². The van der Waals surface area contributed by atoms with Crippen LogP contribution in [0.4, 0.5) is 0 Å². The van der Waals surface area contributed by atoms with Gasteiger partial charge >= 0.3 is 11.8 Å². The van der Waals surface area contributed by atoms with Gasteiger partial charge < -0.3 is 5.73 Å². The molecular weight excluding hydrogens is 210 g/mol. The van der Waals surface area contributed by atoms with Crippen LogP contribution in [0.25, 0.3) is 0 Å². The Morgan fingerprint density at radius 2 is 1.69 bits per heavy atom. The van der Waals surface area contributed by atoms with Crippen molar-refractivity contribution in [3.8, 4) is 0 Å². The summed E-state index contributed by atoms with van der Waals surface area (Å²) in [7, 11) is 0. The molecule has 0 atom stereocenters. The minimum atomic E-state index is -1.15. The van der Waals surface area contributed by atoms with Gasteiger partial charge in [0, 0.05) is 0 Å². The summed E-state index contributed by atoms with van der Waals surface area (Å²) in [6.45, 7) is 0. The number of carbonyl (C=O) groups excluding carboxylic acids is 3. The van der Waals surface area contributed by atoms with Crippen molar-refractivity contribution in [1.29, 1.82) is 0 Å². The Hall–Kier alpha value is -2.37. The number of nitrogens with one attached hydrogen (secondary N) is 2. The van der Waals surface area contributed by atoms with E-state index < -0.39 is 17.7 Å². The maximum Gasteiger partial charge on any atom is 0.327 e. The van der Waals surface area contributed by atoms with Crippen molar-refractivity contribution in [2.75, 3.05) is 0 Å². The van der Waals surface area contributed by atoms with E-state index in [0.29, 0.717) is 0 Å². The van der Waals surface area contributed by atoms with Crippen molar-refractivity contribution in [3.63, 3.8) is 0 Å². The summed E-state index contributed by atoms with van der Waals surface area (Å²) < 4.78 is 0. The van der Waals surface area contributed by atoms with E-state index in [2.05, 4.69) is 11.2 Å². The van der Waals surface area contributed by atoms with Crippen LogP contribution in [0.15, 0.2) is 30.3 Å². The minimum Gasteiger partial charge on any atom is -0.361 e. The molecule has 0 bridgehead atoms. The van der Waals surface area contributed by atoms with Crippen molar-refractivity contribution in [2.45, 2.75) is 6.42 Å². The van der Waals surface area contributed by atoms with E-state index in [0.717, 1.165) is 5.56 Å². The van der Waals surface area contributed by atoms with Crippen molar-refractivity contribution >= 4 is 17.7 Å². The zero-order valence-electron chi connectivity index (χ0n) is 8.40. The molecule has 0 saturated carbocycles. The molecular formula is C10H11N3O3. The van der Waals surface area contributed by atoms with E-state index in [1.807, 2.05) is 11.5 Å². The van der Waals surface area contributed by atoms with Crippen molar-refractivity contribution in [3.05, 3.63) is 35.9 Å². The molecule has 0 fully saturated rings. The average Bonchev–Trinajstić information content (AvgIpc) is 2.27. The number of nitrogens with two attached hydrogens (primary N) is 1. The number of benzene rings is 1. The van der Waals surface area contributed by atoms with Gasteiger partial charge in [-0.25, -0.2) is 0 Å². The molecule has 1 aromatic rings. The maximum absolute atomic E-state index is 11.3. The van der Waals surface area contributed by atoms with Crippen LogP contribution in [0, 0.1) is 0 Å². The SMILES string of the molecule is NC(=O)C(=O)NNC(=O)Cc1ccccc1. The molecule has 0 aliphatic carbocycles. The molecule has 0 unspecified atom stereocenters. The lowest BCUT2D eigenvalue weighted by Gasteiger charge is -2.05. The van der Waals surface area contributed by atoms with Gasteiger partial charge in [-0.05, 0) is 5.56 Å². The number of hydrogen-bond donors (Lipinski definition) is 3. The molecule has 16 heavy (non-hydrogen) atoms. The predicted molar refractivity (Wildman–Crippen MR) is 55.6 cm³/mol. The number of carbonyl (C=O) groups is 3. The third-order valence-electron chi connectivity index (χ3n) is 1.75. The van der Waals surface area contributed by atoms with Gasteiger partial charge in [-0.15, -0.1) is 0 Å². The summed E-state index contributed by atoms with van der Waals surface area (Å²) in [6, 6.07) is 8.97. The van der Waals surface area contributed by atoms with E-state index in [4.69, 9.17) is 0 Å². The van der Waals surface area contributed by atoms with Crippen molar-refractivity contribution in [1.82, 2.24) is 10.9 Å². The first-order chi connectivity index (χ1) is 7.59. The number of hydrogen-bond acceptors (Lipinski definition) is 3. The van der Waals surface area contributed by atoms with E-state index in [-0.39, 0.29) is 6.42 Å². The molecule has 0 aliphatic rings. The van der Waals surface area contributed by atoms with Crippen molar-refractivity contribution in [2.24, 2.45) is 5.73 Å². The number of hydrazine groups is 1. The second-order valence-corrected chi connectivity index (χ2v) is 3.03. The lowest BCUT2D eigenvalue weighted by atomic mass is 10.1. The summed E-state index contributed by atoms with van der Waals surface area (Å²) >= 11 is 0. The van der Waals surface area contributed by atoms with Crippen LogP contribution in [-0.2, 0) is 20.8 Å². The standard InChI is InChI=1S/C10H11N3O3/c11-9(15)10(16)13-12-8(14)6-7-4-2-1-3-5-7/h1-5H,6H2,(H2,11,15)(H,12,14)(H,13,16). The van der Waals surface area contributed by atoms with Gasteiger partial charge in [-0.2, -0.15) is 0 Å². The summed E-state index contributed by atoms with van der Waals surface area (Å²) in [5.74, 6) is -2.64. The molecule has 0 saturated heterocycles. The van der Waals surface area contributed by atoms with Crippen LogP contribution < -0.4 is 16.6 Å². The molecule has 1 aromatic carbocycles. The first-order valence-corrected chi connectivity index (χ1v) is 4.52. The molecule has 0 aliphatic heterocycles. The van der Waals surface area contributed by atoms with Gasteiger partial charge in [0.25, 0.3) is 0 Å². The topological polar surface area (TPSA) is 101 Å². The Morgan fingerprint density at radius 1 is 1.06 bits per heavy atom. The highest BCUT2D eigenvalue weighted by Crippen LogP contribution is 1.98. The highest BCUT2D eigenvalue weighted by molar-refractivity contribution is 6.34. The summed E-state index contributed by atoms with van der Waals surface area (Å²) in [6.07, 6.45) is 0.111. The van der Waals surface area contributed by atoms with Crippen LogP contribution >= 0.6 is 0 Å². The summed E-state index contributed by atoms with van der Waals surface area (Å²) in [4.78, 5) is 32.3. The maximum atomic E-state index is 11.3. The summed E-state index contributed by atoms with van der Waals surface area (Å²) in [5.41, 5.74) is 9.43. The zero-order valence-corrected chi connectivity index (χ0v) is 8.40. The van der Waals surface area contributed by atoms with E-state index in [9.17, 15) is 14.4 Å². The Kier molecular flexibility index (Phi) is 4.02. The van der Waals surface area contributed by atoms with Crippen LogP contribution in [0.5, 0.6) is 0 Å². The Balaban J connectivity index is 2.37. The van der Waals surface area contributed by atoms with E-state index >= 15 is 0 Å². The first-order valence-electron chi connectivity index (χ1n) is 4.52. The molecule has 0 aromatic heterocycles. The van der Waals surface area contributed by atoms with E-state index in [1.165, 1.54) is 0 Å². The lowest BCUT2D eigenvalue weighted by molar-refractivity contribution is -0.139. The predicted octanol–water partition coefficient (Wildman–Crippen LogP) is -1.14. The second kappa shape index (κ2) is 5.50. The van der Waals surface area contributed by atoms with Crippen LogP contribution in [0.1, 0.15) is 5.56 Å². The molecule has 3 amide bonds. The monoisotopic (exact) mass is 221 g/mol. The molecule has 0 radical (unpaired) electrons. The van der Waals surface area contributed by atoms with Gasteiger partial charge in [0.15, 0.2) is 0 Å². The second-order valence-electron chi connectivity index (χ2n) is 3.03. The molecule has 6 nitrogen and oxygen atoms in total. The molecule has 6 heteroatoms. The Labute approximate surface area is 91.8 Å². The van der Waals surface area contributed by atoms with Crippen molar-refractivity contribution < 1.29 is 14.4 Å². The summed E-state index contributed by atoms with van der Waals surface area (Å²) in [5, 5.41) is 0. The fourth-order valence-corrected chi connectivity index (χ4v) is 1.01. The molecule has 1 rings (SSSR count). The lowest BCUT2D eigenvalue weighted by Crippen LogP contribution is -2.47. The largest absolute Gasteiger partial charge is 0.361 e. The minimum absolute atomic E-state index is 0.111.